The van der Waals surface area contributed by atoms with Crippen LogP contribution < -0.4 is 54.0 Å². The molecule has 12 atom stereocenters. The number of hydrogen-bond acceptors (Lipinski definition) is 15. The average molecular weight is 995 g/mol. The van der Waals surface area contributed by atoms with Crippen LogP contribution in [0.3, 0.4) is 0 Å². The quantitative estimate of drug-likeness (QED) is 0.0349. The number of rotatable bonds is 30. The number of aromatic hydroxyl groups is 1. The molecular formula is C45H74N10O15. The molecule has 1 aromatic rings. The highest BCUT2D eigenvalue weighted by molar-refractivity contribution is 5.99. The Kier molecular flexibility index (Phi) is 26.0. The zero-order valence-electron chi connectivity index (χ0n) is 41.1. The van der Waals surface area contributed by atoms with Gasteiger partial charge in [-0.15, -0.1) is 0 Å². The Morgan fingerprint density at radius 3 is 1.43 bits per heavy atom. The number of carboxylic acid groups (broad SMARTS) is 1. The maximum Gasteiger partial charge on any atom is 0.326 e. The van der Waals surface area contributed by atoms with Crippen LogP contribution in [0.5, 0.6) is 5.75 Å². The molecule has 0 aliphatic heterocycles. The van der Waals surface area contributed by atoms with Gasteiger partial charge >= 0.3 is 5.97 Å². The van der Waals surface area contributed by atoms with Gasteiger partial charge in [-0.05, 0) is 69.1 Å². The number of phenols is 1. The van der Waals surface area contributed by atoms with Gasteiger partial charge in [-0.3, -0.25) is 43.2 Å². The van der Waals surface area contributed by atoms with Crippen LogP contribution in [0.25, 0.3) is 0 Å². The molecule has 0 spiro atoms. The van der Waals surface area contributed by atoms with Gasteiger partial charge in [0, 0.05) is 6.42 Å². The minimum atomic E-state index is -1.85. The maximum absolute atomic E-state index is 14.0. The van der Waals surface area contributed by atoms with E-state index in [1.807, 2.05) is 0 Å². The molecular weight excluding hydrogens is 921 g/mol. The monoisotopic (exact) mass is 995 g/mol. The van der Waals surface area contributed by atoms with Crippen LogP contribution >= 0.6 is 0 Å². The van der Waals surface area contributed by atoms with Crippen molar-refractivity contribution in [3.63, 3.8) is 0 Å². The normalized spacial score (nSPS) is 16.4. The summed E-state index contributed by atoms with van der Waals surface area (Å²) in [5.74, 6) is -11.5. The summed E-state index contributed by atoms with van der Waals surface area (Å²) in [6.07, 6.45) is -3.92. The second kappa shape index (κ2) is 29.6. The summed E-state index contributed by atoms with van der Waals surface area (Å²) in [6, 6.07) is -8.11. The fraction of sp³-hybridized carbons (Fsp3) is 0.644. The summed E-state index contributed by atoms with van der Waals surface area (Å²) in [5.41, 5.74) is 11.5. The van der Waals surface area contributed by atoms with Crippen LogP contribution in [-0.4, -0.2) is 158 Å². The van der Waals surface area contributed by atoms with Crippen LogP contribution in [0.4, 0.5) is 0 Å². The summed E-state index contributed by atoms with van der Waals surface area (Å²) in [7, 11) is 0. The number of amides is 9. The number of benzene rings is 1. The van der Waals surface area contributed by atoms with Crippen LogP contribution in [0.1, 0.15) is 93.6 Å². The Labute approximate surface area is 406 Å². The van der Waals surface area contributed by atoms with Crippen LogP contribution in [-0.2, 0) is 54.4 Å². The molecule has 0 unspecified atom stereocenters. The number of carboxylic acids is 1. The smallest absolute Gasteiger partial charge is 0.326 e. The van der Waals surface area contributed by atoms with E-state index in [1.165, 1.54) is 38.1 Å². The lowest BCUT2D eigenvalue weighted by molar-refractivity contribution is -0.143. The lowest BCUT2D eigenvalue weighted by Gasteiger charge is -2.30. The molecule has 0 aromatic heterocycles. The molecule has 17 N–H and O–H groups in total. The molecule has 0 heterocycles. The van der Waals surface area contributed by atoms with Gasteiger partial charge in [0.15, 0.2) is 0 Å². The molecule has 0 aliphatic rings. The maximum atomic E-state index is 14.0. The Hall–Kier alpha value is -6.44. The topological polar surface area (TPSA) is 420 Å². The van der Waals surface area contributed by atoms with Crippen molar-refractivity contribution in [3.05, 3.63) is 29.8 Å². The van der Waals surface area contributed by atoms with Crippen molar-refractivity contribution in [1.29, 1.82) is 0 Å². The van der Waals surface area contributed by atoms with Crippen molar-refractivity contribution in [1.82, 2.24) is 42.5 Å². The zero-order valence-corrected chi connectivity index (χ0v) is 41.1. The fourth-order valence-corrected chi connectivity index (χ4v) is 6.71. The van der Waals surface area contributed by atoms with E-state index in [2.05, 4.69) is 42.5 Å². The predicted molar refractivity (Wildman–Crippen MR) is 251 cm³/mol. The zero-order chi connectivity index (χ0) is 53.7. The molecule has 0 aliphatic carbocycles. The van der Waals surface area contributed by atoms with Gasteiger partial charge in [0.1, 0.15) is 60.1 Å². The number of nitrogens with two attached hydrogens (primary N) is 2. The molecule has 394 valence electrons. The third kappa shape index (κ3) is 21.1. The Morgan fingerprint density at radius 2 is 0.957 bits per heavy atom. The predicted octanol–water partition coefficient (Wildman–Crippen LogP) is -3.99. The summed E-state index contributed by atoms with van der Waals surface area (Å²) < 4.78 is 0. The van der Waals surface area contributed by atoms with E-state index in [4.69, 9.17) is 11.5 Å². The number of carbonyl (C=O) groups is 10. The minimum Gasteiger partial charge on any atom is -0.508 e. The fourth-order valence-electron chi connectivity index (χ4n) is 6.71. The number of aliphatic hydroxyl groups excluding tert-OH is 3. The first kappa shape index (κ1) is 61.6. The summed E-state index contributed by atoms with van der Waals surface area (Å²) in [6.45, 7) is 13.1. The van der Waals surface area contributed by atoms with Crippen molar-refractivity contribution < 1.29 is 73.5 Å². The third-order valence-corrected chi connectivity index (χ3v) is 10.9. The molecule has 25 heteroatoms. The molecule has 9 amide bonds. The van der Waals surface area contributed by atoms with Gasteiger partial charge in [-0.25, -0.2) is 4.79 Å². The summed E-state index contributed by atoms with van der Waals surface area (Å²) >= 11 is 0. The highest BCUT2D eigenvalue weighted by Gasteiger charge is 2.37. The molecule has 1 rings (SSSR count). The molecule has 0 saturated heterocycles. The van der Waals surface area contributed by atoms with Crippen molar-refractivity contribution in [2.75, 3.05) is 6.61 Å². The van der Waals surface area contributed by atoms with Gasteiger partial charge in [0.2, 0.25) is 53.2 Å². The largest absolute Gasteiger partial charge is 0.508 e. The standard InChI is InChI=1S/C45H74N10O15/c1-10-22(6)34(42(66)48-23(7)37(61)54-35(24(8)57)43(67)52-32(45(69)70)16-21(4)5)53-44(68)36(25(9)58)55-41(65)31(18-33(47)60)51-40(64)30(17-26-11-13-27(59)14-12-26)50-39(63)29(15-20(2)3)49-38(62)28(46)19-56/h11-14,20-25,28-32,34-36,56-59H,10,15-19,46H2,1-9H3,(H2,47,60)(H,48,66)(H,49,62)(H,50,63)(H,51,64)(H,52,67)(H,53,68)(H,54,61)(H,55,65)(H,69,70)/t22-,23-,24+,25+,28-,29-,30-,31-,32-,34-,35-,36-/m0/s1. The number of hydrogen-bond donors (Lipinski definition) is 15. The second-order valence-corrected chi connectivity index (χ2v) is 18.2. The van der Waals surface area contributed by atoms with E-state index in [1.54, 1.807) is 41.5 Å². The Balaban J connectivity index is 3.39. The van der Waals surface area contributed by atoms with Crippen molar-refractivity contribution in [2.45, 2.75) is 161 Å². The Bertz CT molecular complexity index is 1970. The average Bonchev–Trinajstić information content (AvgIpc) is 3.26. The number of aliphatic hydroxyl groups is 3. The number of phenolic OH excluding ortho intramolecular Hbond substituents is 1. The molecule has 0 saturated carbocycles. The van der Waals surface area contributed by atoms with Crippen LogP contribution in [0.2, 0.25) is 0 Å². The molecule has 25 nitrogen and oxygen atoms in total. The summed E-state index contributed by atoms with van der Waals surface area (Å²) in [4.78, 5) is 132. The van der Waals surface area contributed by atoms with E-state index >= 15 is 0 Å². The van der Waals surface area contributed by atoms with Gasteiger partial charge in [-0.1, -0.05) is 60.1 Å². The lowest BCUT2D eigenvalue weighted by Crippen LogP contribution is -2.63. The first-order valence-electron chi connectivity index (χ1n) is 23.0. The van der Waals surface area contributed by atoms with Gasteiger partial charge in [0.05, 0.1) is 25.2 Å². The first-order valence-corrected chi connectivity index (χ1v) is 23.0. The third-order valence-electron chi connectivity index (χ3n) is 10.9. The first-order chi connectivity index (χ1) is 32.5. The van der Waals surface area contributed by atoms with Crippen LogP contribution in [0, 0.1) is 17.8 Å². The molecule has 0 fully saturated rings. The summed E-state index contributed by atoms with van der Waals surface area (Å²) in [5, 5.41) is 68.8. The van der Waals surface area contributed by atoms with E-state index in [9.17, 15) is 73.5 Å². The molecule has 0 radical (unpaired) electrons. The second-order valence-electron chi connectivity index (χ2n) is 18.2. The van der Waals surface area contributed by atoms with E-state index in [0.29, 0.717) is 5.56 Å². The molecule has 1 aromatic carbocycles. The SMILES string of the molecule is CC[C@H](C)[C@H](NC(=O)[C@@H](NC(=O)[C@H](CC(N)=O)NC(=O)[C@H](Cc1ccc(O)cc1)NC(=O)[C@H](CC(C)C)NC(=O)[C@@H](N)CO)[C@@H](C)O)C(=O)N[C@@H](C)C(=O)N[C@H](C(=O)N[C@@H](CC(C)C)C(=O)O)[C@@H](C)O. The van der Waals surface area contributed by atoms with Crippen molar-refractivity contribution in [2.24, 2.45) is 29.2 Å². The van der Waals surface area contributed by atoms with Gasteiger partial charge in [0.25, 0.3) is 0 Å². The van der Waals surface area contributed by atoms with Crippen molar-refractivity contribution in [3.8, 4) is 5.75 Å². The van der Waals surface area contributed by atoms with E-state index in [-0.39, 0.29) is 43.3 Å². The number of carbonyl (C=O) groups excluding carboxylic acids is 9. The highest BCUT2D eigenvalue weighted by atomic mass is 16.4. The minimum absolute atomic E-state index is 0.0546. The number of nitrogens with one attached hydrogen (secondary N) is 8. The lowest BCUT2D eigenvalue weighted by atomic mass is 9.97. The number of primary amides is 1. The highest BCUT2D eigenvalue weighted by Crippen LogP contribution is 2.14. The molecule has 0 bridgehead atoms. The van der Waals surface area contributed by atoms with Gasteiger partial charge in [-0.2, -0.15) is 0 Å². The molecule has 70 heavy (non-hydrogen) atoms. The van der Waals surface area contributed by atoms with Crippen LogP contribution in [0.15, 0.2) is 24.3 Å². The van der Waals surface area contributed by atoms with E-state index < -0.39 is 145 Å². The van der Waals surface area contributed by atoms with E-state index in [0.717, 1.165) is 6.92 Å². The van der Waals surface area contributed by atoms with Crippen molar-refractivity contribution >= 4 is 59.1 Å². The Morgan fingerprint density at radius 1 is 0.543 bits per heavy atom. The van der Waals surface area contributed by atoms with Gasteiger partial charge < -0.3 is 79.5 Å². The number of aliphatic carboxylic acids is 1.